The maximum Gasteiger partial charge on any atom is 0.154 e. The van der Waals surface area contributed by atoms with E-state index in [0.29, 0.717) is 18.1 Å². The molecule has 0 N–H and O–H groups in total. The summed E-state index contributed by atoms with van der Waals surface area (Å²) in [5, 5.41) is 0.709. The lowest BCUT2D eigenvalue weighted by Crippen LogP contribution is -2.16. The molecule has 0 saturated carbocycles. The fourth-order valence-corrected chi connectivity index (χ4v) is 1.38. The van der Waals surface area contributed by atoms with Crippen LogP contribution in [0.25, 0.3) is 0 Å². The van der Waals surface area contributed by atoms with Gasteiger partial charge in [0.25, 0.3) is 0 Å². The smallest absolute Gasteiger partial charge is 0.154 e. The van der Waals surface area contributed by atoms with Crippen molar-refractivity contribution in [2.24, 2.45) is 0 Å². The van der Waals surface area contributed by atoms with Gasteiger partial charge in [-0.05, 0) is 17.7 Å². The van der Waals surface area contributed by atoms with Gasteiger partial charge in [-0.1, -0.05) is 23.7 Å². The third-order valence-electron chi connectivity index (χ3n) is 2.15. The zero-order valence-electron chi connectivity index (χ0n) is 7.00. The highest BCUT2D eigenvalue weighted by Gasteiger charge is 2.44. The van der Waals surface area contributed by atoms with E-state index in [1.54, 1.807) is 0 Å². The zero-order valence-corrected chi connectivity index (χ0v) is 7.75. The van der Waals surface area contributed by atoms with Crippen molar-refractivity contribution in [3.05, 3.63) is 34.9 Å². The first-order valence-electron chi connectivity index (χ1n) is 4.09. The third-order valence-corrected chi connectivity index (χ3v) is 2.40. The summed E-state index contributed by atoms with van der Waals surface area (Å²) in [7, 11) is 0. The first-order valence-corrected chi connectivity index (χ1v) is 4.47. The maximum atomic E-state index is 10.6. The summed E-state index contributed by atoms with van der Waals surface area (Å²) in [6.07, 6.45) is 1.52. The van der Waals surface area contributed by atoms with Gasteiger partial charge in [-0.2, -0.15) is 0 Å². The molecule has 0 bridgehead atoms. The van der Waals surface area contributed by atoms with E-state index in [9.17, 15) is 4.79 Å². The number of halogens is 1. The maximum absolute atomic E-state index is 10.6. The fourth-order valence-electron chi connectivity index (χ4n) is 1.25. The molecule has 1 aliphatic rings. The fraction of sp³-hybridized carbons (Fsp3) is 0.300. The van der Waals surface area contributed by atoms with Crippen molar-refractivity contribution < 1.29 is 9.53 Å². The Morgan fingerprint density at radius 1 is 1.46 bits per heavy atom. The molecular formula is C10H9ClO2. The summed E-state index contributed by atoms with van der Waals surface area (Å²) in [5.41, 5.74) is 0.544. The van der Waals surface area contributed by atoms with E-state index in [-0.39, 0.29) is 0 Å². The molecule has 0 radical (unpaired) electrons. The highest BCUT2D eigenvalue weighted by Crippen LogP contribution is 2.28. The molecule has 3 heteroatoms. The van der Waals surface area contributed by atoms with Gasteiger partial charge in [0.05, 0.1) is 6.61 Å². The molecule has 0 unspecified atom stereocenters. The summed E-state index contributed by atoms with van der Waals surface area (Å²) in [5.74, 6) is 0. The highest BCUT2D eigenvalue weighted by molar-refractivity contribution is 6.30. The lowest BCUT2D eigenvalue weighted by Gasteiger charge is -2.03. The molecule has 1 atom stereocenters. The van der Waals surface area contributed by atoms with Gasteiger partial charge in [-0.25, -0.2) is 0 Å². The Balaban J connectivity index is 2.10. The van der Waals surface area contributed by atoms with Crippen LogP contribution in [0.15, 0.2) is 24.3 Å². The van der Waals surface area contributed by atoms with Crippen LogP contribution in [-0.4, -0.2) is 18.5 Å². The second-order valence-corrected chi connectivity index (χ2v) is 3.71. The number of hydrogen-bond acceptors (Lipinski definition) is 2. The van der Waals surface area contributed by atoms with Gasteiger partial charge >= 0.3 is 0 Å². The summed E-state index contributed by atoms with van der Waals surface area (Å²) >= 11 is 5.73. The SMILES string of the molecule is O=C[C@@]1(Cc2ccc(Cl)cc2)CO1. The Bertz CT molecular complexity index is 314. The van der Waals surface area contributed by atoms with Crippen LogP contribution in [0.2, 0.25) is 5.02 Å². The largest absolute Gasteiger partial charge is 0.361 e. The van der Waals surface area contributed by atoms with Gasteiger partial charge in [0.1, 0.15) is 0 Å². The van der Waals surface area contributed by atoms with Crippen molar-refractivity contribution in [3.63, 3.8) is 0 Å². The number of benzene rings is 1. The second kappa shape index (κ2) is 3.13. The predicted molar refractivity (Wildman–Crippen MR) is 49.9 cm³/mol. The van der Waals surface area contributed by atoms with Crippen LogP contribution in [0.3, 0.4) is 0 Å². The second-order valence-electron chi connectivity index (χ2n) is 3.27. The average molecular weight is 197 g/mol. The zero-order chi connectivity index (χ0) is 9.31. The van der Waals surface area contributed by atoms with Crippen LogP contribution in [0.5, 0.6) is 0 Å². The monoisotopic (exact) mass is 196 g/mol. The summed E-state index contributed by atoms with van der Waals surface area (Å²) in [6, 6.07) is 7.46. The topological polar surface area (TPSA) is 29.6 Å². The van der Waals surface area contributed by atoms with Crippen molar-refractivity contribution in [1.82, 2.24) is 0 Å². The van der Waals surface area contributed by atoms with Crippen LogP contribution in [0.1, 0.15) is 5.56 Å². The normalized spacial score (nSPS) is 25.6. The summed E-state index contributed by atoms with van der Waals surface area (Å²) in [6.45, 7) is 0.541. The van der Waals surface area contributed by atoms with Gasteiger partial charge in [0.2, 0.25) is 0 Å². The average Bonchev–Trinajstić information content (AvgIpc) is 2.90. The molecule has 1 aromatic rings. The number of carbonyl (C=O) groups is 1. The molecule has 0 spiro atoms. The molecular weight excluding hydrogens is 188 g/mol. The Morgan fingerprint density at radius 2 is 2.08 bits per heavy atom. The van der Waals surface area contributed by atoms with E-state index in [2.05, 4.69) is 0 Å². The summed E-state index contributed by atoms with van der Waals surface area (Å²) in [4.78, 5) is 10.6. The number of aldehydes is 1. The quantitative estimate of drug-likeness (QED) is 0.546. The Morgan fingerprint density at radius 3 is 2.54 bits per heavy atom. The van der Waals surface area contributed by atoms with Crippen molar-refractivity contribution in [1.29, 1.82) is 0 Å². The standard InChI is InChI=1S/C10H9ClO2/c11-9-3-1-8(2-4-9)5-10(6-12)7-13-10/h1-4,6H,5,7H2/t10-/m0/s1. The Labute approximate surface area is 81.5 Å². The van der Waals surface area contributed by atoms with Gasteiger partial charge in [0, 0.05) is 11.4 Å². The van der Waals surface area contributed by atoms with Crippen molar-refractivity contribution in [3.8, 4) is 0 Å². The molecule has 0 aromatic heterocycles. The predicted octanol–water partition coefficient (Wildman–Crippen LogP) is 1.85. The highest BCUT2D eigenvalue weighted by atomic mass is 35.5. The van der Waals surface area contributed by atoms with Crippen LogP contribution < -0.4 is 0 Å². The lowest BCUT2D eigenvalue weighted by molar-refractivity contribution is -0.112. The van der Waals surface area contributed by atoms with Gasteiger partial charge in [-0.15, -0.1) is 0 Å². The van der Waals surface area contributed by atoms with Gasteiger partial charge in [0.15, 0.2) is 11.9 Å². The van der Waals surface area contributed by atoms with Crippen LogP contribution in [0.4, 0.5) is 0 Å². The number of hydrogen-bond donors (Lipinski definition) is 0. The van der Waals surface area contributed by atoms with Crippen molar-refractivity contribution in [2.45, 2.75) is 12.0 Å². The molecule has 0 amide bonds. The first kappa shape index (κ1) is 8.73. The van der Waals surface area contributed by atoms with Crippen molar-refractivity contribution in [2.75, 3.05) is 6.61 Å². The minimum atomic E-state index is -0.534. The minimum Gasteiger partial charge on any atom is -0.361 e. The Hall–Kier alpha value is -0.860. The molecule has 1 heterocycles. The van der Waals surface area contributed by atoms with E-state index in [0.717, 1.165) is 11.8 Å². The molecule has 1 saturated heterocycles. The molecule has 0 aliphatic carbocycles. The van der Waals surface area contributed by atoms with Crippen molar-refractivity contribution >= 4 is 17.9 Å². The minimum absolute atomic E-state index is 0.534. The van der Waals surface area contributed by atoms with Crippen LogP contribution >= 0.6 is 11.6 Å². The number of ether oxygens (including phenoxy) is 1. The van der Waals surface area contributed by atoms with E-state index in [1.807, 2.05) is 24.3 Å². The number of epoxide rings is 1. The third kappa shape index (κ3) is 1.90. The van der Waals surface area contributed by atoms with E-state index in [1.165, 1.54) is 0 Å². The Kier molecular flexibility index (Phi) is 2.10. The molecule has 68 valence electrons. The molecule has 13 heavy (non-hydrogen) atoms. The van der Waals surface area contributed by atoms with E-state index >= 15 is 0 Å². The van der Waals surface area contributed by atoms with Gasteiger partial charge < -0.3 is 9.53 Å². The van der Waals surface area contributed by atoms with E-state index in [4.69, 9.17) is 16.3 Å². The molecule has 1 aliphatic heterocycles. The number of rotatable bonds is 3. The van der Waals surface area contributed by atoms with E-state index < -0.39 is 5.60 Å². The first-order chi connectivity index (χ1) is 6.24. The van der Waals surface area contributed by atoms with Gasteiger partial charge in [-0.3, -0.25) is 0 Å². The molecule has 2 nitrogen and oxygen atoms in total. The molecule has 1 aromatic carbocycles. The van der Waals surface area contributed by atoms with Crippen LogP contribution in [0, 0.1) is 0 Å². The number of carbonyl (C=O) groups excluding carboxylic acids is 1. The molecule has 2 rings (SSSR count). The lowest BCUT2D eigenvalue weighted by atomic mass is 10.0. The van der Waals surface area contributed by atoms with Crippen LogP contribution in [-0.2, 0) is 16.0 Å². The summed E-state index contributed by atoms with van der Waals surface area (Å²) < 4.78 is 5.08. The molecule has 1 fully saturated rings.